The summed E-state index contributed by atoms with van der Waals surface area (Å²) in [4.78, 5) is 25.3. The summed E-state index contributed by atoms with van der Waals surface area (Å²) in [5.41, 5.74) is 7.07. The van der Waals surface area contributed by atoms with Crippen LogP contribution in [0.5, 0.6) is 5.75 Å². The molecule has 1 saturated carbocycles. The minimum atomic E-state index is -0.382. The average Bonchev–Trinajstić information content (AvgIpc) is 3.64. The molecule has 0 saturated heterocycles. The number of benzene rings is 2. The Hall–Kier alpha value is -4.32. The van der Waals surface area contributed by atoms with Crippen molar-refractivity contribution in [2.24, 2.45) is 5.92 Å². The topological polar surface area (TPSA) is 109 Å². The molecule has 44 heavy (non-hydrogen) atoms. The molecule has 2 aromatic carbocycles. The molecule has 0 radical (unpaired) electrons. The summed E-state index contributed by atoms with van der Waals surface area (Å²) in [6.45, 7) is 0. The summed E-state index contributed by atoms with van der Waals surface area (Å²) in [5, 5.41) is 12.5. The van der Waals surface area contributed by atoms with Crippen molar-refractivity contribution in [2.45, 2.75) is 38.5 Å². The Morgan fingerprint density at radius 3 is 2.68 bits per heavy atom. The Morgan fingerprint density at radius 1 is 0.977 bits per heavy atom. The number of nitrogens with one attached hydrogen (secondary N) is 3. The highest BCUT2D eigenvalue weighted by Crippen LogP contribution is 2.36. The standard InChI is InChI=1S/C34H30FIN6O2/c1-44-26-11-21(8-23(35)13-26)29-17-37-18-31-27(29)15-30(40-31)33-28-12-22(16-38-34(28)42-41-33)20-9-24(36)14-25(10-20)39-32(43)7-19-5-3-2-4-6-19/h8-19,40H,2-7H2,1H3,(H,39,43)(H,38,41,42). The van der Waals surface area contributed by atoms with Crippen LogP contribution in [0.2, 0.25) is 0 Å². The number of aromatic amines is 2. The molecule has 1 aliphatic rings. The molecule has 3 N–H and O–H groups in total. The zero-order valence-electron chi connectivity index (χ0n) is 24.1. The van der Waals surface area contributed by atoms with Crippen LogP contribution in [0.15, 0.2) is 67.1 Å². The summed E-state index contributed by atoms with van der Waals surface area (Å²) in [6, 6.07) is 14.7. The molecule has 1 amide bonds. The third-order valence-corrected chi connectivity index (χ3v) is 8.98. The fraction of sp³-hybridized carbons (Fsp3) is 0.235. The van der Waals surface area contributed by atoms with Gasteiger partial charge in [-0.2, -0.15) is 5.10 Å². The fourth-order valence-electron chi connectivity index (χ4n) is 6.21. The van der Waals surface area contributed by atoms with Crippen LogP contribution in [-0.2, 0) is 4.79 Å². The molecule has 0 aliphatic heterocycles. The Bertz CT molecular complexity index is 2010. The van der Waals surface area contributed by atoms with E-state index >= 15 is 0 Å². The first-order chi connectivity index (χ1) is 21.4. The van der Waals surface area contributed by atoms with Crippen molar-refractivity contribution in [3.05, 3.63) is 76.5 Å². The first kappa shape index (κ1) is 28.5. The van der Waals surface area contributed by atoms with Crippen molar-refractivity contribution in [1.29, 1.82) is 0 Å². The number of H-pyrrole nitrogens is 2. The predicted molar refractivity (Wildman–Crippen MR) is 179 cm³/mol. The van der Waals surface area contributed by atoms with Gasteiger partial charge in [0, 0.05) is 56.0 Å². The maximum atomic E-state index is 14.3. The Labute approximate surface area is 267 Å². The van der Waals surface area contributed by atoms with Crippen LogP contribution in [0.4, 0.5) is 10.1 Å². The normalized spacial score (nSPS) is 13.9. The van der Waals surface area contributed by atoms with Crippen molar-refractivity contribution in [3.63, 3.8) is 0 Å². The molecule has 0 atom stereocenters. The number of anilines is 1. The van der Waals surface area contributed by atoms with Gasteiger partial charge in [-0.25, -0.2) is 9.37 Å². The molecule has 8 nitrogen and oxygen atoms in total. The number of hydrogen-bond donors (Lipinski definition) is 3. The molecule has 222 valence electrons. The number of rotatable bonds is 7. The van der Waals surface area contributed by atoms with Gasteiger partial charge in [-0.05, 0) is 94.9 Å². The first-order valence-electron chi connectivity index (χ1n) is 14.7. The van der Waals surface area contributed by atoms with Crippen LogP contribution >= 0.6 is 22.6 Å². The number of nitrogens with zero attached hydrogens (tertiary/aromatic N) is 3. The van der Waals surface area contributed by atoms with Gasteiger partial charge in [-0.1, -0.05) is 19.3 Å². The van der Waals surface area contributed by atoms with Gasteiger partial charge >= 0.3 is 0 Å². The van der Waals surface area contributed by atoms with Gasteiger partial charge in [0.25, 0.3) is 0 Å². The number of methoxy groups -OCH3 is 1. The summed E-state index contributed by atoms with van der Waals surface area (Å²) >= 11 is 2.28. The minimum Gasteiger partial charge on any atom is -0.497 e. The molecular weight excluding hydrogens is 670 g/mol. The van der Waals surface area contributed by atoms with E-state index in [9.17, 15) is 9.18 Å². The number of aromatic nitrogens is 5. The number of hydrogen-bond acceptors (Lipinski definition) is 5. The molecular formula is C34H30FIN6O2. The SMILES string of the molecule is COc1cc(F)cc(-c2cncc3[nH]c(-c4[nH]nc5ncc(-c6cc(I)cc(NC(=O)CC7CCCCC7)c6)cc45)cc23)c1. The number of carbonyl (C=O) groups excluding carboxylic acids is 1. The smallest absolute Gasteiger partial charge is 0.224 e. The molecule has 0 unspecified atom stereocenters. The van der Waals surface area contributed by atoms with Gasteiger partial charge in [0.05, 0.1) is 30.2 Å². The molecule has 4 heterocycles. The van der Waals surface area contributed by atoms with Gasteiger partial charge in [0.1, 0.15) is 11.6 Å². The maximum Gasteiger partial charge on any atom is 0.224 e. The van der Waals surface area contributed by atoms with Crippen LogP contribution < -0.4 is 10.1 Å². The van der Waals surface area contributed by atoms with Crippen LogP contribution in [0, 0.1) is 15.3 Å². The fourth-order valence-corrected chi connectivity index (χ4v) is 6.88. The second-order valence-corrected chi connectivity index (χ2v) is 12.6. The molecule has 1 aliphatic carbocycles. The lowest BCUT2D eigenvalue weighted by Crippen LogP contribution is -2.18. The summed E-state index contributed by atoms with van der Waals surface area (Å²) in [7, 11) is 1.52. The van der Waals surface area contributed by atoms with Crippen molar-refractivity contribution in [1.82, 2.24) is 25.1 Å². The zero-order chi connectivity index (χ0) is 30.2. The molecule has 4 aromatic heterocycles. The van der Waals surface area contributed by atoms with E-state index in [-0.39, 0.29) is 11.7 Å². The number of carbonyl (C=O) groups is 1. The monoisotopic (exact) mass is 700 g/mol. The van der Waals surface area contributed by atoms with E-state index < -0.39 is 0 Å². The van der Waals surface area contributed by atoms with Gasteiger partial charge in [-0.15, -0.1) is 0 Å². The Kier molecular flexibility index (Phi) is 7.75. The van der Waals surface area contributed by atoms with Gasteiger partial charge < -0.3 is 15.0 Å². The van der Waals surface area contributed by atoms with E-state index in [2.05, 4.69) is 65.2 Å². The van der Waals surface area contributed by atoms with Gasteiger partial charge in [-0.3, -0.25) is 14.9 Å². The van der Waals surface area contributed by atoms with Crippen molar-refractivity contribution < 1.29 is 13.9 Å². The largest absolute Gasteiger partial charge is 0.497 e. The number of fused-ring (bicyclic) bond motifs is 2. The van der Waals surface area contributed by atoms with E-state index in [4.69, 9.17) is 4.74 Å². The third kappa shape index (κ3) is 5.78. The van der Waals surface area contributed by atoms with E-state index in [0.29, 0.717) is 29.3 Å². The van der Waals surface area contributed by atoms with E-state index in [1.54, 1.807) is 24.7 Å². The van der Waals surface area contributed by atoms with Crippen LogP contribution in [0.25, 0.3) is 55.6 Å². The van der Waals surface area contributed by atoms with Crippen molar-refractivity contribution in [2.75, 3.05) is 12.4 Å². The number of pyridine rings is 2. The Morgan fingerprint density at radius 2 is 1.84 bits per heavy atom. The molecule has 1 fully saturated rings. The molecule has 0 bridgehead atoms. The second-order valence-electron chi connectivity index (χ2n) is 11.4. The number of amides is 1. The number of halogens is 2. The lowest BCUT2D eigenvalue weighted by atomic mass is 9.87. The van der Waals surface area contributed by atoms with Crippen LogP contribution in [0.1, 0.15) is 38.5 Å². The van der Waals surface area contributed by atoms with Crippen LogP contribution in [0.3, 0.4) is 0 Å². The average molecular weight is 701 g/mol. The first-order valence-corrected chi connectivity index (χ1v) is 15.8. The summed E-state index contributed by atoms with van der Waals surface area (Å²) in [5.74, 6) is 0.603. The maximum absolute atomic E-state index is 14.3. The third-order valence-electron chi connectivity index (χ3n) is 8.36. The van der Waals surface area contributed by atoms with Crippen LogP contribution in [-0.4, -0.2) is 38.2 Å². The lowest BCUT2D eigenvalue weighted by molar-refractivity contribution is -0.117. The quantitative estimate of drug-likeness (QED) is 0.145. The van der Waals surface area contributed by atoms with Gasteiger partial charge in [0.15, 0.2) is 5.65 Å². The van der Waals surface area contributed by atoms with E-state index in [0.717, 1.165) is 66.5 Å². The zero-order valence-corrected chi connectivity index (χ0v) is 26.2. The molecule has 7 rings (SSSR count). The van der Waals surface area contributed by atoms with Crippen molar-refractivity contribution in [3.8, 4) is 39.4 Å². The Balaban J connectivity index is 1.21. The summed E-state index contributed by atoms with van der Waals surface area (Å²) in [6.07, 6.45) is 11.8. The minimum absolute atomic E-state index is 0.0694. The molecule has 10 heteroatoms. The number of ether oxygens (including phenoxy) is 1. The molecule has 0 spiro atoms. The predicted octanol–water partition coefficient (Wildman–Crippen LogP) is 8.50. The van der Waals surface area contributed by atoms with Crippen molar-refractivity contribution >= 4 is 56.1 Å². The van der Waals surface area contributed by atoms with E-state index in [1.807, 2.05) is 18.2 Å². The lowest BCUT2D eigenvalue weighted by Gasteiger charge is -2.21. The summed E-state index contributed by atoms with van der Waals surface area (Å²) < 4.78 is 20.6. The highest BCUT2D eigenvalue weighted by molar-refractivity contribution is 14.1. The van der Waals surface area contributed by atoms with E-state index in [1.165, 1.54) is 38.5 Å². The van der Waals surface area contributed by atoms with Gasteiger partial charge in [0.2, 0.25) is 5.91 Å². The molecule has 6 aromatic rings. The second kappa shape index (κ2) is 12.0. The highest BCUT2D eigenvalue weighted by atomic mass is 127. The highest BCUT2D eigenvalue weighted by Gasteiger charge is 2.19.